The molecule has 0 unspecified atom stereocenters. The molecule has 1 nitrogen and oxygen atoms in total. The molecule has 0 bridgehead atoms. The lowest BCUT2D eigenvalue weighted by Gasteiger charge is -2.16. The van der Waals surface area contributed by atoms with Gasteiger partial charge in [0.1, 0.15) is 11.3 Å². The molecule has 0 spiro atoms. The van der Waals surface area contributed by atoms with Gasteiger partial charge in [-0.25, -0.2) is 0 Å². The van der Waals surface area contributed by atoms with Crippen molar-refractivity contribution < 1.29 is 4.42 Å². The van der Waals surface area contributed by atoms with E-state index < -0.39 is 0 Å². The number of furan rings is 1. The molecule has 0 N–H and O–H groups in total. The lowest BCUT2D eigenvalue weighted by atomic mass is 9.87. The summed E-state index contributed by atoms with van der Waals surface area (Å²) in [6.07, 6.45) is 0. The second-order valence-corrected chi connectivity index (χ2v) is 12.5. The SMILES string of the molecule is c1ccc(-c2oc3cc4ccccc4cc3c2-c2ccc(-c3ccc4ccc5c(-c6ccccc6)ccc6ccc3c4c65)cc2)cc1. The van der Waals surface area contributed by atoms with E-state index in [1.807, 2.05) is 6.07 Å². The highest BCUT2D eigenvalue weighted by molar-refractivity contribution is 6.27. The van der Waals surface area contributed by atoms with Gasteiger partial charge in [-0.1, -0.05) is 158 Å². The van der Waals surface area contributed by atoms with E-state index in [9.17, 15) is 0 Å². The molecule has 0 aliphatic heterocycles. The van der Waals surface area contributed by atoms with Gasteiger partial charge in [-0.2, -0.15) is 0 Å². The van der Waals surface area contributed by atoms with Crippen LogP contribution >= 0.6 is 0 Å². The first-order valence-corrected chi connectivity index (χ1v) is 16.2. The van der Waals surface area contributed by atoms with Crippen LogP contribution < -0.4 is 0 Å². The molecule has 0 aliphatic rings. The van der Waals surface area contributed by atoms with Crippen LogP contribution in [-0.4, -0.2) is 0 Å². The van der Waals surface area contributed by atoms with Crippen molar-refractivity contribution in [2.24, 2.45) is 0 Å². The van der Waals surface area contributed by atoms with Crippen LogP contribution in [0.4, 0.5) is 0 Å². The van der Waals surface area contributed by atoms with Crippen molar-refractivity contribution in [2.45, 2.75) is 0 Å². The highest BCUT2D eigenvalue weighted by atomic mass is 16.3. The smallest absolute Gasteiger partial charge is 0.143 e. The van der Waals surface area contributed by atoms with Gasteiger partial charge in [0.05, 0.1) is 0 Å². The van der Waals surface area contributed by atoms with Crippen LogP contribution in [0.2, 0.25) is 0 Å². The average Bonchev–Trinajstić information content (AvgIpc) is 3.51. The minimum atomic E-state index is 0.903. The molecular weight excluding hydrogens is 569 g/mol. The predicted molar refractivity (Wildman–Crippen MR) is 199 cm³/mol. The summed E-state index contributed by atoms with van der Waals surface area (Å²) in [5.41, 5.74) is 9.23. The van der Waals surface area contributed by atoms with Crippen molar-refractivity contribution in [1.29, 1.82) is 0 Å². The normalized spacial score (nSPS) is 11.8. The number of hydrogen-bond acceptors (Lipinski definition) is 1. The molecule has 1 heterocycles. The topological polar surface area (TPSA) is 13.1 Å². The Morgan fingerprint density at radius 1 is 0.319 bits per heavy atom. The Morgan fingerprint density at radius 2 is 0.809 bits per heavy atom. The molecular formula is C46H28O. The van der Waals surface area contributed by atoms with Crippen LogP contribution in [-0.2, 0) is 0 Å². The lowest BCUT2D eigenvalue weighted by Crippen LogP contribution is -1.89. The van der Waals surface area contributed by atoms with Crippen LogP contribution in [0.15, 0.2) is 174 Å². The Kier molecular flexibility index (Phi) is 5.64. The monoisotopic (exact) mass is 596 g/mol. The van der Waals surface area contributed by atoms with Gasteiger partial charge in [-0.05, 0) is 83.0 Å². The summed E-state index contributed by atoms with van der Waals surface area (Å²) in [5, 5.41) is 11.3. The maximum Gasteiger partial charge on any atom is 0.143 e. The second-order valence-electron chi connectivity index (χ2n) is 12.5. The minimum absolute atomic E-state index is 0.903. The molecule has 47 heavy (non-hydrogen) atoms. The van der Waals surface area contributed by atoms with Crippen LogP contribution in [0.5, 0.6) is 0 Å². The molecule has 10 aromatic rings. The van der Waals surface area contributed by atoms with Crippen LogP contribution in [0.25, 0.3) is 98.8 Å². The summed E-state index contributed by atoms with van der Waals surface area (Å²) >= 11 is 0. The summed E-state index contributed by atoms with van der Waals surface area (Å²) in [4.78, 5) is 0. The summed E-state index contributed by atoms with van der Waals surface area (Å²) < 4.78 is 6.63. The summed E-state index contributed by atoms with van der Waals surface area (Å²) in [6, 6.07) is 61.4. The molecule has 0 saturated heterocycles. The van der Waals surface area contributed by atoms with Crippen LogP contribution in [0, 0.1) is 0 Å². The van der Waals surface area contributed by atoms with Gasteiger partial charge < -0.3 is 4.42 Å². The van der Waals surface area contributed by atoms with E-state index in [-0.39, 0.29) is 0 Å². The molecule has 9 aromatic carbocycles. The molecule has 0 saturated carbocycles. The Balaban J connectivity index is 1.15. The van der Waals surface area contributed by atoms with Crippen molar-refractivity contribution in [3.63, 3.8) is 0 Å². The first kappa shape index (κ1) is 26.1. The molecule has 0 fully saturated rings. The van der Waals surface area contributed by atoms with Crippen molar-refractivity contribution in [2.75, 3.05) is 0 Å². The third-order valence-corrected chi connectivity index (χ3v) is 9.83. The van der Waals surface area contributed by atoms with Crippen LogP contribution in [0.3, 0.4) is 0 Å². The molecule has 218 valence electrons. The fraction of sp³-hybridized carbons (Fsp3) is 0. The van der Waals surface area contributed by atoms with Gasteiger partial charge in [0.2, 0.25) is 0 Å². The molecule has 0 aliphatic carbocycles. The number of fused-ring (bicyclic) bond motifs is 2. The Hall–Kier alpha value is -6.18. The van der Waals surface area contributed by atoms with E-state index >= 15 is 0 Å². The zero-order valence-corrected chi connectivity index (χ0v) is 25.6. The maximum absolute atomic E-state index is 6.63. The lowest BCUT2D eigenvalue weighted by molar-refractivity contribution is 0.633. The van der Waals surface area contributed by atoms with Crippen molar-refractivity contribution in [1.82, 2.24) is 0 Å². The largest absolute Gasteiger partial charge is 0.455 e. The summed E-state index contributed by atoms with van der Waals surface area (Å²) in [5.74, 6) is 0.903. The van der Waals surface area contributed by atoms with E-state index in [1.54, 1.807) is 0 Å². The van der Waals surface area contributed by atoms with Crippen molar-refractivity contribution in [3.05, 3.63) is 170 Å². The summed E-state index contributed by atoms with van der Waals surface area (Å²) in [6.45, 7) is 0. The Bertz CT molecular complexity index is 2750. The zero-order valence-electron chi connectivity index (χ0n) is 25.6. The quantitative estimate of drug-likeness (QED) is 0.184. The third-order valence-electron chi connectivity index (χ3n) is 9.83. The van der Waals surface area contributed by atoms with E-state index in [1.165, 1.54) is 65.3 Å². The molecule has 0 atom stereocenters. The zero-order chi connectivity index (χ0) is 30.9. The van der Waals surface area contributed by atoms with E-state index in [4.69, 9.17) is 4.42 Å². The van der Waals surface area contributed by atoms with Crippen LogP contribution in [0.1, 0.15) is 0 Å². The first-order chi connectivity index (χ1) is 23.3. The third kappa shape index (κ3) is 4.03. The minimum Gasteiger partial charge on any atom is -0.455 e. The second kappa shape index (κ2) is 10.2. The van der Waals surface area contributed by atoms with Gasteiger partial charge in [-0.3, -0.25) is 0 Å². The Labute approximate surface area is 272 Å². The fourth-order valence-corrected chi connectivity index (χ4v) is 7.60. The molecule has 1 aromatic heterocycles. The van der Waals surface area contributed by atoms with Gasteiger partial charge >= 0.3 is 0 Å². The van der Waals surface area contributed by atoms with E-state index in [0.29, 0.717) is 0 Å². The first-order valence-electron chi connectivity index (χ1n) is 16.2. The van der Waals surface area contributed by atoms with Gasteiger partial charge in [0, 0.05) is 16.5 Å². The van der Waals surface area contributed by atoms with Gasteiger partial charge in [0.15, 0.2) is 0 Å². The van der Waals surface area contributed by atoms with Crippen molar-refractivity contribution >= 4 is 54.1 Å². The number of rotatable bonds is 4. The van der Waals surface area contributed by atoms with Gasteiger partial charge in [0.25, 0.3) is 0 Å². The molecule has 0 radical (unpaired) electrons. The van der Waals surface area contributed by atoms with E-state index in [2.05, 4.69) is 164 Å². The van der Waals surface area contributed by atoms with Crippen molar-refractivity contribution in [3.8, 4) is 44.7 Å². The number of benzene rings is 9. The van der Waals surface area contributed by atoms with E-state index in [0.717, 1.165) is 33.4 Å². The molecule has 1 heteroatoms. The standard InChI is InChI=1S/C46H28O/c1-3-9-29(10-4-1)37-23-19-31-22-26-40-38(24-20-32-21-25-39(37)43(31)44(32)40)30-15-17-33(18-16-30)45-41-27-35-13-7-8-14-36(35)28-42(41)47-46(45)34-11-5-2-6-12-34/h1-28H. The maximum atomic E-state index is 6.63. The molecule has 0 amide bonds. The fourth-order valence-electron chi connectivity index (χ4n) is 7.60. The average molecular weight is 597 g/mol. The molecule has 10 rings (SSSR count). The highest BCUT2D eigenvalue weighted by Gasteiger charge is 2.19. The Morgan fingerprint density at radius 3 is 1.43 bits per heavy atom. The predicted octanol–water partition coefficient (Wildman–Crippen LogP) is 13.2. The number of hydrogen-bond donors (Lipinski definition) is 0. The summed E-state index contributed by atoms with van der Waals surface area (Å²) in [7, 11) is 0. The van der Waals surface area contributed by atoms with Gasteiger partial charge in [-0.15, -0.1) is 0 Å². The highest BCUT2D eigenvalue weighted by Crippen LogP contribution is 2.45.